The van der Waals surface area contributed by atoms with E-state index in [4.69, 9.17) is 9.84 Å². The predicted molar refractivity (Wildman–Crippen MR) is 87.0 cm³/mol. The molecule has 0 saturated heterocycles. The molecule has 4 heteroatoms. The first-order valence-electron chi connectivity index (χ1n) is 8.18. The normalized spacial score (nSPS) is 21.4. The van der Waals surface area contributed by atoms with Crippen LogP contribution in [0, 0.1) is 19.8 Å². The molecule has 1 saturated carbocycles. The maximum atomic E-state index is 12.0. The molecule has 0 heterocycles. The Morgan fingerprint density at radius 3 is 2.68 bits per heavy atom. The van der Waals surface area contributed by atoms with E-state index < -0.39 is 0 Å². The monoisotopic (exact) mass is 305 g/mol. The van der Waals surface area contributed by atoms with Gasteiger partial charge in [0.2, 0.25) is 5.91 Å². The molecule has 122 valence electrons. The van der Waals surface area contributed by atoms with Crippen LogP contribution in [-0.2, 0) is 4.79 Å². The number of carbonyl (C=O) groups excluding carboxylic acids is 1. The summed E-state index contributed by atoms with van der Waals surface area (Å²) < 4.78 is 5.72. The molecule has 0 unspecified atom stereocenters. The summed E-state index contributed by atoms with van der Waals surface area (Å²) in [5.74, 6) is 1.33. The van der Waals surface area contributed by atoms with Crippen molar-refractivity contribution in [3.05, 3.63) is 29.3 Å². The van der Waals surface area contributed by atoms with E-state index in [1.165, 1.54) is 0 Å². The van der Waals surface area contributed by atoms with Gasteiger partial charge in [0.25, 0.3) is 0 Å². The van der Waals surface area contributed by atoms with Gasteiger partial charge in [0.05, 0.1) is 13.0 Å². The molecular weight excluding hydrogens is 278 g/mol. The summed E-state index contributed by atoms with van der Waals surface area (Å²) in [5, 5.41) is 12.2. The van der Waals surface area contributed by atoms with Crippen LogP contribution >= 0.6 is 0 Å². The average Bonchev–Trinajstić information content (AvgIpc) is 2.51. The highest BCUT2D eigenvalue weighted by atomic mass is 16.5. The van der Waals surface area contributed by atoms with E-state index >= 15 is 0 Å². The van der Waals surface area contributed by atoms with Gasteiger partial charge in [-0.05, 0) is 62.6 Å². The van der Waals surface area contributed by atoms with Crippen molar-refractivity contribution in [1.29, 1.82) is 0 Å². The minimum absolute atomic E-state index is 0.0535. The van der Waals surface area contributed by atoms with Gasteiger partial charge in [-0.15, -0.1) is 0 Å². The fraction of sp³-hybridized carbons (Fsp3) is 0.611. The first kappa shape index (κ1) is 16.8. The predicted octanol–water partition coefficient (Wildman–Crippen LogP) is 2.74. The topological polar surface area (TPSA) is 58.6 Å². The number of ether oxygens (including phenoxy) is 1. The van der Waals surface area contributed by atoms with Crippen LogP contribution in [0.15, 0.2) is 18.2 Å². The maximum Gasteiger partial charge on any atom is 0.223 e. The number of aliphatic hydroxyl groups excluding tert-OH is 1. The average molecular weight is 305 g/mol. The van der Waals surface area contributed by atoms with Gasteiger partial charge in [0.1, 0.15) is 5.75 Å². The molecular formula is C18H27NO3. The Morgan fingerprint density at radius 1 is 1.27 bits per heavy atom. The van der Waals surface area contributed by atoms with Gasteiger partial charge in [-0.3, -0.25) is 4.79 Å². The molecule has 2 rings (SSSR count). The van der Waals surface area contributed by atoms with Crippen LogP contribution in [0.25, 0.3) is 0 Å². The van der Waals surface area contributed by atoms with Crippen molar-refractivity contribution in [1.82, 2.24) is 5.32 Å². The number of rotatable bonds is 6. The van der Waals surface area contributed by atoms with Crippen molar-refractivity contribution in [3.8, 4) is 5.75 Å². The summed E-state index contributed by atoms with van der Waals surface area (Å²) >= 11 is 0. The molecule has 0 atom stereocenters. The number of nitrogens with one attached hydrogen (secondary N) is 1. The fourth-order valence-corrected chi connectivity index (χ4v) is 2.91. The lowest BCUT2D eigenvalue weighted by Crippen LogP contribution is -2.38. The molecule has 2 N–H and O–H groups in total. The molecule has 1 fully saturated rings. The minimum Gasteiger partial charge on any atom is -0.493 e. The Bertz CT molecular complexity index is 493. The summed E-state index contributed by atoms with van der Waals surface area (Å²) in [7, 11) is 0. The molecule has 1 aromatic carbocycles. The number of carbonyl (C=O) groups is 1. The Morgan fingerprint density at radius 2 is 2.00 bits per heavy atom. The van der Waals surface area contributed by atoms with Crippen LogP contribution in [0.2, 0.25) is 0 Å². The molecule has 0 radical (unpaired) electrons. The van der Waals surface area contributed by atoms with E-state index in [9.17, 15) is 4.79 Å². The van der Waals surface area contributed by atoms with Gasteiger partial charge in [0, 0.05) is 12.6 Å². The molecule has 0 spiro atoms. The number of aryl methyl sites for hydroxylation is 2. The van der Waals surface area contributed by atoms with Crippen molar-refractivity contribution >= 4 is 5.91 Å². The number of aliphatic hydroxyl groups is 1. The lowest BCUT2D eigenvalue weighted by atomic mass is 9.86. The largest absolute Gasteiger partial charge is 0.493 e. The third-order valence-electron chi connectivity index (χ3n) is 4.40. The number of hydrogen-bond donors (Lipinski definition) is 2. The third-order valence-corrected chi connectivity index (χ3v) is 4.40. The second-order valence-corrected chi connectivity index (χ2v) is 6.34. The summed E-state index contributed by atoms with van der Waals surface area (Å²) in [4.78, 5) is 12.0. The van der Waals surface area contributed by atoms with E-state index in [1.807, 2.05) is 26.0 Å². The smallest absolute Gasteiger partial charge is 0.223 e. The maximum absolute atomic E-state index is 12.0. The van der Waals surface area contributed by atoms with E-state index in [1.54, 1.807) is 0 Å². The van der Waals surface area contributed by atoms with Crippen LogP contribution in [-0.4, -0.2) is 30.3 Å². The van der Waals surface area contributed by atoms with Crippen LogP contribution in [0.3, 0.4) is 0 Å². The zero-order valence-corrected chi connectivity index (χ0v) is 13.6. The Balaban J connectivity index is 1.69. The standard InChI is InChI=1S/C18H27NO3/c1-13-3-4-14(2)17(11-13)22-10-9-18(21)19-16-7-5-15(12-20)6-8-16/h3-4,11,15-16,20H,5-10,12H2,1-2H3,(H,19,21). The highest BCUT2D eigenvalue weighted by Crippen LogP contribution is 2.23. The van der Waals surface area contributed by atoms with Crippen molar-refractivity contribution in [2.75, 3.05) is 13.2 Å². The van der Waals surface area contributed by atoms with Gasteiger partial charge in [-0.1, -0.05) is 12.1 Å². The molecule has 1 aliphatic rings. The van der Waals surface area contributed by atoms with Crippen molar-refractivity contribution in [2.24, 2.45) is 5.92 Å². The fourth-order valence-electron chi connectivity index (χ4n) is 2.91. The molecule has 4 nitrogen and oxygen atoms in total. The van der Waals surface area contributed by atoms with Crippen LogP contribution in [0.5, 0.6) is 5.75 Å². The van der Waals surface area contributed by atoms with E-state index in [-0.39, 0.29) is 18.6 Å². The van der Waals surface area contributed by atoms with Gasteiger partial charge in [-0.2, -0.15) is 0 Å². The lowest BCUT2D eigenvalue weighted by molar-refractivity contribution is -0.122. The summed E-state index contributed by atoms with van der Waals surface area (Å²) in [6, 6.07) is 6.35. The third kappa shape index (κ3) is 5.02. The zero-order valence-electron chi connectivity index (χ0n) is 13.6. The Labute approximate surface area is 132 Å². The molecule has 0 bridgehead atoms. The number of amides is 1. The quantitative estimate of drug-likeness (QED) is 0.849. The van der Waals surface area contributed by atoms with Crippen LogP contribution in [0.1, 0.15) is 43.2 Å². The summed E-state index contributed by atoms with van der Waals surface area (Å²) in [6.45, 7) is 4.71. The number of benzene rings is 1. The molecule has 1 aromatic rings. The van der Waals surface area contributed by atoms with Crippen LogP contribution < -0.4 is 10.1 Å². The first-order chi connectivity index (χ1) is 10.6. The highest BCUT2D eigenvalue weighted by molar-refractivity contribution is 5.76. The lowest BCUT2D eigenvalue weighted by Gasteiger charge is -2.27. The van der Waals surface area contributed by atoms with Gasteiger partial charge < -0.3 is 15.2 Å². The first-order valence-corrected chi connectivity index (χ1v) is 8.18. The van der Waals surface area contributed by atoms with Gasteiger partial charge >= 0.3 is 0 Å². The highest BCUT2D eigenvalue weighted by Gasteiger charge is 2.21. The Hall–Kier alpha value is -1.55. The van der Waals surface area contributed by atoms with Crippen LogP contribution in [0.4, 0.5) is 0 Å². The van der Waals surface area contributed by atoms with E-state index in [0.717, 1.165) is 42.6 Å². The SMILES string of the molecule is Cc1ccc(C)c(OCCC(=O)NC2CCC(CO)CC2)c1. The number of hydrogen-bond acceptors (Lipinski definition) is 3. The minimum atomic E-state index is 0.0535. The van der Waals surface area contributed by atoms with E-state index in [0.29, 0.717) is 18.9 Å². The van der Waals surface area contributed by atoms with E-state index in [2.05, 4.69) is 11.4 Å². The van der Waals surface area contributed by atoms with Crippen molar-refractivity contribution in [2.45, 2.75) is 52.0 Å². The zero-order chi connectivity index (χ0) is 15.9. The second kappa shape index (κ2) is 8.18. The van der Waals surface area contributed by atoms with Crippen molar-refractivity contribution in [3.63, 3.8) is 0 Å². The molecule has 0 aliphatic heterocycles. The molecule has 22 heavy (non-hydrogen) atoms. The molecule has 0 aromatic heterocycles. The molecule has 1 amide bonds. The van der Waals surface area contributed by atoms with Gasteiger partial charge in [-0.25, -0.2) is 0 Å². The second-order valence-electron chi connectivity index (χ2n) is 6.34. The molecule has 1 aliphatic carbocycles. The van der Waals surface area contributed by atoms with Gasteiger partial charge in [0.15, 0.2) is 0 Å². The van der Waals surface area contributed by atoms with Crippen molar-refractivity contribution < 1.29 is 14.6 Å². The summed E-state index contributed by atoms with van der Waals surface area (Å²) in [5.41, 5.74) is 2.25. The Kier molecular flexibility index (Phi) is 6.25. The summed E-state index contributed by atoms with van der Waals surface area (Å²) in [6.07, 6.45) is 4.32.